The Morgan fingerprint density at radius 1 is 1.62 bits per heavy atom. The van der Waals surface area contributed by atoms with Crippen LogP contribution in [0.2, 0.25) is 0 Å². The quantitative estimate of drug-likeness (QED) is 0.929. The first kappa shape index (κ1) is 13.7. The van der Waals surface area contributed by atoms with Gasteiger partial charge in [-0.3, -0.25) is 4.79 Å². The monoisotopic (exact) mass is 305 g/mol. The molecule has 90 valence electrons. The molecule has 1 N–H and O–H groups in total. The molecule has 1 rings (SSSR count). The molecular weight excluding hydrogens is 290 g/mol. The molecule has 0 radical (unpaired) electrons. The van der Waals surface area contributed by atoms with E-state index in [9.17, 15) is 4.79 Å². The van der Waals surface area contributed by atoms with E-state index in [1.807, 2.05) is 26.8 Å². The van der Waals surface area contributed by atoms with Gasteiger partial charge in [0.05, 0.1) is 14.3 Å². The maximum atomic E-state index is 11.8. The first-order valence-electron chi connectivity index (χ1n) is 4.95. The molecule has 16 heavy (non-hydrogen) atoms. The van der Waals surface area contributed by atoms with Crippen molar-refractivity contribution in [3.63, 3.8) is 0 Å². The average molecular weight is 306 g/mol. The van der Waals surface area contributed by atoms with Gasteiger partial charge in [0.2, 0.25) is 0 Å². The minimum absolute atomic E-state index is 0.0519. The van der Waals surface area contributed by atoms with Gasteiger partial charge in [0.25, 0.3) is 5.91 Å². The molecule has 0 saturated carbocycles. The smallest absolute Gasteiger partial charge is 0.261 e. The first-order chi connectivity index (χ1) is 7.35. The SMILES string of the molecule is COC(C)(C)CNC(=O)c1cc(C)c(Br)s1. The maximum absolute atomic E-state index is 11.8. The molecule has 0 aliphatic heterocycles. The van der Waals surface area contributed by atoms with Gasteiger partial charge >= 0.3 is 0 Å². The number of hydrogen-bond donors (Lipinski definition) is 1. The molecule has 0 fully saturated rings. The normalized spacial score (nSPS) is 11.6. The number of carbonyl (C=O) groups is 1. The molecule has 0 spiro atoms. The number of aryl methyl sites for hydroxylation is 1. The summed E-state index contributed by atoms with van der Waals surface area (Å²) in [7, 11) is 1.64. The largest absolute Gasteiger partial charge is 0.377 e. The molecule has 0 aromatic carbocycles. The van der Waals surface area contributed by atoms with E-state index < -0.39 is 0 Å². The summed E-state index contributed by atoms with van der Waals surface area (Å²) >= 11 is 4.85. The highest BCUT2D eigenvalue weighted by Crippen LogP contribution is 2.27. The van der Waals surface area contributed by atoms with Crippen LogP contribution in [0.3, 0.4) is 0 Å². The van der Waals surface area contributed by atoms with E-state index in [0.29, 0.717) is 6.54 Å². The van der Waals surface area contributed by atoms with Gasteiger partial charge in [-0.15, -0.1) is 11.3 Å². The van der Waals surface area contributed by atoms with E-state index >= 15 is 0 Å². The zero-order valence-corrected chi connectivity index (χ0v) is 12.3. The van der Waals surface area contributed by atoms with Crippen molar-refractivity contribution in [3.05, 3.63) is 20.3 Å². The van der Waals surface area contributed by atoms with Gasteiger partial charge in [-0.05, 0) is 48.3 Å². The maximum Gasteiger partial charge on any atom is 0.261 e. The standard InChI is InChI=1S/C11H16BrNO2S/c1-7-5-8(16-9(7)12)10(14)13-6-11(2,3)15-4/h5H,6H2,1-4H3,(H,13,14). The third-order valence-corrected chi connectivity index (χ3v) is 4.44. The zero-order chi connectivity index (χ0) is 12.3. The lowest BCUT2D eigenvalue weighted by atomic mass is 10.1. The summed E-state index contributed by atoms with van der Waals surface area (Å²) < 4.78 is 6.24. The van der Waals surface area contributed by atoms with Gasteiger partial charge in [0, 0.05) is 13.7 Å². The van der Waals surface area contributed by atoms with Gasteiger partial charge < -0.3 is 10.1 Å². The Morgan fingerprint density at radius 3 is 2.69 bits per heavy atom. The van der Waals surface area contributed by atoms with Crippen LogP contribution in [0.15, 0.2) is 9.85 Å². The number of thiophene rings is 1. The van der Waals surface area contributed by atoms with Crippen LogP contribution in [0.5, 0.6) is 0 Å². The van der Waals surface area contributed by atoms with E-state index in [-0.39, 0.29) is 11.5 Å². The second-order valence-electron chi connectivity index (χ2n) is 4.21. The van der Waals surface area contributed by atoms with Crippen molar-refractivity contribution in [2.24, 2.45) is 0 Å². The van der Waals surface area contributed by atoms with Gasteiger partial charge in [-0.1, -0.05) is 0 Å². The minimum Gasteiger partial charge on any atom is -0.377 e. The predicted molar refractivity (Wildman–Crippen MR) is 70.2 cm³/mol. The van der Waals surface area contributed by atoms with Crippen molar-refractivity contribution in [2.75, 3.05) is 13.7 Å². The molecule has 0 atom stereocenters. The molecule has 3 nitrogen and oxygen atoms in total. The Hall–Kier alpha value is -0.390. The number of hydrogen-bond acceptors (Lipinski definition) is 3. The lowest BCUT2D eigenvalue weighted by molar-refractivity contribution is 0.0229. The van der Waals surface area contributed by atoms with Gasteiger partial charge in [0.1, 0.15) is 0 Å². The summed E-state index contributed by atoms with van der Waals surface area (Å²) in [5.74, 6) is -0.0519. The van der Waals surface area contributed by atoms with Crippen molar-refractivity contribution in [1.82, 2.24) is 5.32 Å². The lowest BCUT2D eigenvalue weighted by Gasteiger charge is -2.22. The van der Waals surface area contributed by atoms with Gasteiger partial charge in [0.15, 0.2) is 0 Å². The second-order valence-corrected chi connectivity index (χ2v) is 6.58. The summed E-state index contributed by atoms with van der Waals surface area (Å²) in [6.07, 6.45) is 0. The Bertz CT molecular complexity index is 368. The zero-order valence-electron chi connectivity index (χ0n) is 9.89. The predicted octanol–water partition coefficient (Wildman–Crippen LogP) is 2.97. The number of halogens is 1. The van der Waals surface area contributed by atoms with Crippen LogP contribution in [-0.4, -0.2) is 25.2 Å². The van der Waals surface area contributed by atoms with Gasteiger partial charge in [-0.25, -0.2) is 0 Å². The van der Waals surface area contributed by atoms with Crippen LogP contribution in [0.1, 0.15) is 29.1 Å². The summed E-state index contributed by atoms with van der Waals surface area (Å²) in [4.78, 5) is 12.5. The molecule has 1 amide bonds. The van der Waals surface area contributed by atoms with E-state index in [0.717, 1.165) is 14.2 Å². The van der Waals surface area contributed by atoms with Crippen molar-refractivity contribution < 1.29 is 9.53 Å². The summed E-state index contributed by atoms with van der Waals surface area (Å²) in [5.41, 5.74) is 0.750. The highest BCUT2D eigenvalue weighted by atomic mass is 79.9. The average Bonchev–Trinajstić information content (AvgIpc) is 2.56. The van der Waals surface area contributed by atoms with Crippen LogP contribution in [0.4, 0.5) is 0 Å². The third-order valence-electron chi connectivity index (χ3n) is 2.31. The molecule has 1 aromatic heterocycles. The van der Waals surface area contributed by atoms with Crippen LogP contribution >= 0.6 is 27.3 Å². The molecular formula is C11H16BrNO2S. The van der Waals surface area contributed by atoms with E-state index in [4.69, 9.17) is 4.74 Å². The van der Waals surface area contributed by atoms with Gasteiger partial charge in [-0.2, -0.15) is 0 Å². The van der Waals surface area contributed by atoms with Crippen molar-refractivity contribution >= 4 is 33.2 Å². The van der Waals surface area contributed by atoms with Crippen molar-refractivity contribution in [2.45, 2.75) is 26.4 Å². The molecule has 0 bridgehead atoms. The Kier molecular flexibility index (Phi) is 4.52. The highest BCUT2D eigenvalue weighted by molar-refractivity contribution is 9.11. The molecule has 0 aliphatic rings. The number of rotatable bonds is 4. The van der Waals surface area contributed by atoms with Crippen LogP contribution < -0.4 is 5.32 Å². The van der Waals surface area contributed by atoms with Crippen LogP contribution in [0, 0.1) is 6.92 Å². The Balaban J connectivity index is 2.60. The fourth-order valence-corrected chi connectivity index (χ4v) is 2.48. The van der Waals surface area contributed by atoms with Crippen molar-refractivity contribution in [3.8, 4) is 0 Å². The Morgan fingerprint density at radius 2 is 2.25 bits per heavy atom. The highest BCUT2D eigenvalue weighted by Gasteiger charge is 2.18. The number of amides is 1. The van der Waals surface area contributed by atoms with E-state index in [1.165, 1.54) is 11.3 Å². The topological polar surface area (TPSA) is 38.3 Å². The number of carbonyl (C=O) groups excluding carboxylic acids is 1. The molecule has 0 saturated heterocycles. The molecule has 5 heteroatoms. The summed E-state index contributed by atoms with van der Waals surface area (Å²) in [5, 5.41) is 2.86. The van der Waals surface area contributed by atoms with E-state index in [2.05, 4.69) is 21.2 Å². The minimum atomic E-state index is -0.334. The van der Waals surface area contributed by atoms with Crippen molar-refractivity contribution in [1.29, 1.82) is 0 Å². The molecule has 0 unspecified atom stereocenters. The summed E-state index contributed by atoms with van der Waals surface area (Å²) in [6, 6.07) is 1.88. The second kappa shape index (κ2) is 5.29. The first-order valence-corrected chi connectivity index (χ1v) is 6.56. The molecule has 0 aliphatic carbocycles. The fourth-order valence-electron chi connectivity index (χ4n) is 1.02. The number of ether oxygens (including phenoxy) is 1. The third kappa shape index (κ3) is 3.57. The fraction of sp³-hybridized carbons (Fsp3) is 0.545. The number of methoxy groups -OCH3 is 1. The molecule has 1 aromatic rings. The summed E-state index contributed by atoms with van der Waals surface area (Å²) in [6.45, 7) is 6.33. The Labute approximate surface area is 108 Å². The van der Waals surface area contributed by atoms with E-state index in [1.54, 1.807) is 7.11 Å². The molecule has 1 heterocycles. The lowest BCUT2D eigenvalue weighted by Crippen LogP contribution is -2.39. The van der Waals surface area contributed by atoms with Crippen LogP contribution in [0.25, 0.3) is 0 Å². The van der Waals surface area contributed by atoms with Crippen LogP contribution in [-0.2, 0) is 4.74 Å². The number of nitrogens with one attached hydrogen (secondary N) is 1.